The number of rotatable bonds is 7. The van der Waals surface area contributed by atoms with Crippen LogP contribution in [-0.4, -0.2) is 48.4 Å². The maximum Gasteiger partial charge on any atom is 0.260 e. The Hall–Kier alpha value is -1.88. The number of nitrogens with one attached hydrogen (secondary N) is 1. The van der Waals surface area contributed by atoms with Crippen LogP contribution in [0, 0.1) is 5.92 Å². The summed E-state index contributed by atoms with van der Waals surface area (Å²) in [5.41, 5.74) is 0.591. The molecule has 5 nitrogen and oxygen atoms in total. The van der Waals surface area contributed by atoms with Gasteiger partial charge < -0.3 is 15.0 Å². The fourth-order valence-corrected chi connectivity index (χ4v) is 3.29. The number of hydrogen-bond acceptors (Lipinski definition) is 4. The number of ketones is 1. The van der Waals surface area contributed by atoms with Crippen molar-refractivity contribution in [3.8, 4) is 5.75 Å². The minimum atomic E-state index is -0.577. The lowest BCUT2D eigenvalue weighted by Crippen LogP contribution is -2.48. The molecule has 1 saturated carbocycles. The monoisotopic (exact) mass is 344 g/mol. The van der Waals surface area contributed by atoms with E-state index in [0.717, 1.165) is 31.8 Å². The maximum absolute atomic E-state index is 12.4. The Kier molecular flexibility index (Phi) is 5.74. The summed E-state index contributed by atoms with van der Waals surface area (Å²) in [5.74, 6) is 1.37. The first-order valence-corrected chi connectivity index (χ1v) is 9.31. The number of hydrogen-bond donors (Lipinski definition) is 1. The molecule has 0 radical (unpaired) electrons. The van der Waals surface area contributed by atoms with E-state index >= 15 is 0 Å². The Morgan fingerprint density at radius 2 is 1.96 bits per heavy atom. The van der Waals surface area contributed by atoms with Crippen molar-refractivity contribution >= 4 is 11.7 Å². The van der Waals surface area contributed by atoms with Gasteiger partial charge in [0.1, 0.15) is 5.75 Å². The molecule has 1 N–H and O–H groups in total. The lowest BCUT2D eigenvalue weighted by atomic mass is 10.0. The molecule has 1 aromatic carbocycles. The molecular formula is C20H28N2O3. The predicted octanol–water partition coefficient (Wildman–Crippen LogP) is 2.65. The van der Waals surface area contributed by atoms with Crippen LogP contribution in [-0.2, 0) is 4.79 Å². The van der Waals surface area contributed by atoms with Crippen LogP contribution in [0.5, 0.6) is 5.75 Å². The quantitative estimate of drug-likeness (QED) is 0.773. The normalized spacial score (nSPS) is 20.1. The second kappa shape index (κ2) is 8.00. The number of carbonyl (C=O) groups excluding carboxylic acids is 2. The van der Waals surface area contributed by atoms with Crippen molar-refractivity contribution in [1.82, 2.24) is 10.2 Å². The predicted molar refractivity (Wildman–Crippen MR) is 96.9 cm³/mol. The Morgan fingerprint density at radius 3 is 2.60 bits per heavy atom. The zero-order valence-corrected chi connectivity index (χ0v) is 15.2. The van der Waals surface area contributed by atoms with Crippen molar-refractivity contribution in [2.24, 2.45) is 5.92 Å². The third-order valence-corrected chi connectivity index (χ3v) is 5.07. The van der Waals surface area contributed by atoms with Gasteiger partial charge in [-0.2, -0.15) is 0 Å². The summed E-state index contributed by atoms with van der Waals surface area (Å²) in [6.07, 6.45) is 4.20. The molecule has 1 amide bonds. The lowest BCUT2D eigenvalue weighted by Gasteiger charge is -2.32. The fourth-order valence-electron chi connectivity index (χ4n) is 3.29. The molecule has 1 atom stereocenters. The average molecular weight is 344 g/mol. The summed E-state index contributed by atoms with van der Waals surface area (Å²) in [6, 6.07) is 7.20. The number of amides is 1. The lowest BCUT2D eigenvalue weighted by molar-refractivity contribution is -0.128. The van der Waals surface area contributed by atoms with Crippen molar-refractivity contribution in [1.29, 1.82) is 0 Å². The molecule has 0 bridgehead atoms. The number of carbonyl (C=O) groups is 2. The van der Waals surface area contributed by atoms with Gasteiger partial charge in [0.05, 0.1) is 0 Å². The molecule has 1 aromatic rings. The van der Waals surface area contributed by atoms with E-state index < -0.39 is 6.10 Å². The molecule has 2 fully saturated rings. The third kappa shape index (κ3) is 5.30. The topological polar surface area (TPSA) is 58.6 Å². The van der Waals surface area contributed by atoms with Gasteiger partial charge >= 0.3 is 0 Å². The van der Waals surface area contributed by atoms with Crippen LogP contribution >= 0.6 is 0 Å². The zero-order valence-electron chi connectivity index (χ0n) is 15.2. The molecule has 1 unspecified atom stereocenters. The number of piperidine rings is 1. The van der Waals surface area contributed by atoms with E-state index in [9.17, 15) is 9.59 Å². The van der Waals surface area contributed by atoms with Crippen molar-refractivity contribution in [2.75, 3.05) is 19.6 Å². The number of nitrogens with zero attached hydrogens (tertiary/aromatic N) is 1. The van der Waals surface area contributed by atoms with Crippen molar-refractivity contribution < 1.29 is 14.3 Å². The van der Waals surface area contributed by atoms with Crippen molar-refractivity contribution in [3.05, 3.63) is 29.8 Å². The van der Waals surface area contributed by atoms with Gasteiger partial charge in [-0.1, -0.05) is 12.1 Å². The van der Waals surface area contributed by atoms with Gasteiger partial charge in [-0.05, 0) is 57.6 Å². The molecule has 2 aliphatic rings. The average Bonchev–Trinajstić information content (AvgIpc) is 3.41. The van der Waals surface area contributed by atoms with Gasteiger partial charge in [0.2, 0.25) is 0 Å². The second-order valence-corrected chi connectivity index (χ2v) is 7.37. The Bertz CT molecular complexity index is 619. The highest BCUT2D eigenvalue weighted by Gasteiger charge is 2.28. The fraction of sp³-hybridized carbons (Fsp3) is 0.600. The van der Waals surface area contributed by atoms with Crippen LogP contribution in [0.2, 0.25) is 0 Å². The maximum atomic E-state index is 12.4. The van der Waals surface area contributed by atoms with E-state index in [1.165, 1.54) is 26.3 Å². The first kappa shape index (κ1) is 17.9. The number of ether oxygens (including phenoxy) is 1. The summed E-state index contributed by atoms with van der Waals surface area (Å²) in [5, 5.41) is 3.11. The minimum absolute atomic E-state index is 0.0134. The van der Waals surface area contributed by atoms with Gasteiger partial charge in [-0.15, -0.1) is 0 Å². The molecule has 136 valence electrons. The van der Waals surface area contributed by atoms with Crippen LogP contribution in [0.25, 0.3) is 0 Å². The molecule has 1 aliphatic heterocycles. The van der Waals surface area contributed by atoms with Crippen LogP contribution in [0.4, 0.5) is 0 Å². The SMILES string of the molecule is CC(=O)c1cccc(OC(C)C(=O)NC2CCN(CC3CC3)CC2)c1. The molecule has 1 heterocycles. The Balaban J connectivity index is 1.44. The molecule has 3 rings (SSSR count). The third-order valence-electron chi connectivity index (χ3n) is 5.07. The minimum Gasteiger partial charge on any atom is -0.481 e. The van der Waals surface area contributed by atoms with Crippen LogP contribution in [0.1, 0.15) is 49.9 Å². The van der Waals surface area contributed by atoms with E-state index in [-0.39, 0.29) is 17.7 Å². The summed E-state index contributed by atoms with van der Waals surface area (Å²) >= 11 is 0. The highest BCUT2D eigenvalue weighted by Crippen LogP contribution is 2.30. The van der Waals surface area contributed by atoms with Crippen molar-refractivity contribution in [2.45, 2.75) is 51.7 Å². The van der Waals surface area contributed by atoms with E-state index in [4.69, 9.17) is 4.74 Å². The summed E-state index contributed by atoms with van der Waals surface area (Å²) < 4.78 is 5.72. The molecule has 25 heavy (non-hydrogen) atoms. The molecule has 0 spiro atoms. The number of likely N-dealkylation sites (tertiary alicyclic amines) is 1. The van der Waals surface area contributed by atoms with Gasteiger partial charge in [0, 0.05) is 31.2 Å². The van der Waals surface area contributed by atoms with E-state index in [1.807, 2.05) is 0 Å². The van der Waals surface area contributed by atoms with E-state index in [0.29, 0.717) is 11.3 Å². The Morgan fingerprint density at radius 1 is 1.24 bits per heavy atom. The summed E-state index contributed by atoms with van der Waals surface area (Å²) in [4.78, 5) is 26.3. The van der Waals surface area contributed by atoms with E-state index in [2.05, 4.69) is 10.2 Å². The highest BCUT2D eigenvalue weighted by atomic mass is 16.5. The largest absolute Gasteiger partial charge is 0.481 e. The first-order chi connectivity index (χ1) is 12.0. The van der Waals surface area contributed by atoms with Gasteiger partial charge in [-0.3, -0.25) is 9.59 Å². The summed E-state index contributed by atoms with van der Waals surface area (Å²) in [7, 11) is 0. The van der Waals surface area contributed by atoms with Crippen LogP contribution < -0.4 is 10.1 Å². The van der Waals surface area contributed by atoms with Gasteiger partial charge in [-0.25, -0.2) is 0 Å². The second-order valence-electron chi connectivity index (χ2n) is 7.37. The van der Waals surface area contributed by atoms with Crippen LogP contribution in [0.15, 0.2) is 24.3 Å². The smallest absolute Gasteiger partial charge is 0.260 e. The van der Waals surface area contributed by atoms with Crippen molar-refractivity contribution in [3.63, 3.8) is 0 Å². The number of Topliss-reactive ketones (excluding diaryl/α,β-unsaturated/α-hetero) is 1. The van der Waals surface area contributed by atoms with Crippen LogP contribution in [0.3, 0.4) is 0 Å². The standard InChI is InChI=1S/C20H28N2O3/c1-14(23)17-4-3-5-19(12-17)25-15(2)20(24)21-18-8-10-22(11-9-18)13-16-6-7-16/h3-5,12,15-16,18H,6-11,13H2,1-2H3,(H,21,24). The molecule has 5 heteroatoms. The van der Waals surface area contributed by atoms with E-state index in [1.54, 1.807) is 31.2 Å². The molecule has 1 saturated heterocycles. The first-order valence-electron chi connectivity index (χ1n) is 9.31. The number of benzene rings is 1. The highest BCUT2D eigenvalue weighted by molar-refractivity contribution is 5.94. The molecule has 0 aromatic heterocycles. The van der Waals surface area contributed by atoms with Gasteiger partial charge in [0.15, 0.2) is 11.9 Å². The van der Waals surface area contributed by atoms with Gasteiger partial charge in [0.25, 0.3) is 5.91 Å². The zero-order chi connectivity index (χ0) is 17.8. The summed E-state index contributed by atoms with van der Waals surface area (Å²) in [6.45, 7) is 6.63. The molecular weight excluding hydrogens is 316 g/mol. The Labute approximate surface area is 149 Å². The molecule has 1 aliphatic carbocycles.